The molecule has 0 aliphatic carbocycles. The lowest BCUT2D eigenvalue weighted by molar-refractivity contribution is -0.384. The Labute approximate surface area is 166 Å². The first-order valence-electron chi connectivity index (χ1n) is 8.54. The molecular weight excluding hydrogens is 388 g/mol. The highest BCUT2D eigenvalue weighted by Crippen LogP contribution is 2.27. The summed E-state index contributed by atoms with van der Waals surface area (Å²) in [6, 6.07) is 10.2. The van der Waals surface area contributed by atoms with Gasteiger partial charge in [-0.3, -0.25) is 14.9 Å². The summed E-state index contributed by atoms with van der Waals surface area (Å²) in [7, 11) is 0. The number of esters is 1. The van der Waals surface area contributed by atoms with Crippen molar-refractivity contribution in [3.63, 3.8) is 0 Å². The second kappa shape index (κ2) is 10.3. The number of nitro benzene ring substituents is 1. The molecule has 0 radical (unpaired) electrons. The Morgan fingerprint density at radius 1 is 1.18 bits per heavy atom. The second-order valence-corrected chi connectivity index (χ2v) is 6.18. The van der Waals surface area contributed by atoms with Gasteiger partial charge in [0.15, 0.2) is 6.61 Å². The van der Waals surface area contributed by atoms with E-state index >= 15 is 0 Å². The average Bonchev–Trinajstić information content (AvgIpc) is 2.68. The number of benzene rings is 2. The molecule has 0 spiro atoms. The highest BCUT2D eigenvalue weighted by molar-refractivity contribution is 6.32. The van der Waals surface area contributed by atoms with Gasteiger partial charge in [-0.25, -0.2) is 4.79 Å². The van der Waals surface area contributed by atoms with Crippen LogP contribution in [0.4, 0.5) is 11.4 Å². The third kappa shape index (κ3) is 6.24. The van der Waals surface area contributed by atoms with Crippen LogP contribution in [-0.4, -0.2) is 30.0 Å². The second-order valence-electron chi connectivity index (χ2n) is 5.77. The molecule has 0 heterocycles. The molecule has 8 nitrogen and oxygen atoms in total. The van der Waals surface area contributed by atoms with Crippen molar-refractivity contribution < 1.29 is 24.0 Å². The first-order valence-corrected chi connectivity index (χ1v) is 8.92. The van der Waals surface area contributed by atoms with Crippen LogP contribution in [0.3, 0.4) is 0 Å². The van der Waals surface area contributed by atoms with Crippen LogP contribution >= 0.6 is 11.6 Å². The number of carbonyl (C=O) groups is 2. The number of nitrogens with zero attached hydrogens (tertiary/aromatic N) is 1. The number of anilines is 1. The fourth-order valence-corrected chi connectivity index (χ4v) is 2.35. The van der Waals surface area contributed by atoms with E-state index in [4.69, 9.17) is 21.1 Å². The minimum atomic E-state index is -0.669. The largest absolute Gasteiger partial charge is 0.494 e. The molecule has 9 heteroatoms. The zero-order valence-electron chi connectivity index (χ0n) is 15.1. The van der Waals surface area contributed by atoms with Gasteiger partial charge in [0.1, 0.15) is 10.8 Å². The van der Waals surface area contributed by atoms with Gasteiger partial charge in [0, 0.05) is 11.8 Å². The number of halogens is 1. The van der Waals surface area contributed by atoms with Crippen LogP contribution in [-0.2, 0) is 9.53 Å². The van der Waals surface area contributed by atoms with Gasteiger partial charge in [0.25, 0.3) is 11.6 Å². The quantitative estimate of drug-likeness (QED) is 0.289. The highest BCUT2D eigenvalue weighted by atomic mass is 35.5. The van der Waals surface area contributed by atoms with Crippen molar-refractivity contribution in [3.8, 4) is 5.75 Å². The summed E-state index contributed by atoms with van der Waals surface area (Å²) < 4.78 is 10.5. The third-order valence-electron chi connectivity index (χ3n) is 3.62. The predicted molar refractivity (Wildman–Crippen MR) is 104 cm³/mol. The summed E-state index contributed by atoms with van der Waals surface area (Å²) in [5.41, 5.74) is 0.112. The topological polar surface area (TPSA) is 108 Å². The Kier molecular flexibility index (Phi) is 7.76. The number of unbranched alkanes of at least 4 members (excludes halogenated alkanes) is 1. The predicted octanol–water partition coefficient (Wildman–Crippen LogP) is 4.22. The SMILES string of the molecule is CCCCOc1ccc(C(=O)OCC(=O)Nc2ccc(Cl)c([N+](=O)[O-])c2)cc1. The van der Waals surface area contributed by atoms with Crippen LogP contribution in [0.1, 0.15) is 30.1 Å². The zero-order chi connectivity index (χ0) is 20.5. The van der Waals surface area contributed by atoms with Crippen molar-refractivity contribution >= 4 is 34.9 Å². The summed E-state index contributed by atoms with van der Waals surface area (Å²) in [6.07, 6.45) is 1.96. The Morgan fingerprint density at radius 2 is 1.89 bits per heavy atom. The van der Waals surface area contributed by atoms with E-state index in [-0.39, 0.29) is 22.0 Å². The smallest absolute Gasteiger partial charge is 0.338 e. The molecule has 0 fully saturated rings. The van der Waals surface area contributed by atoms with E-state index in [1.807, 2.05) is 0 Å². The van der Waals surface area contributed by atoms with E-state index in [2.05, 4.69) is 12.2 Å². The first kappa shape index (κ1) is 21.2. The normalized spacial score (nSPS) is 10.2. The standard InChI is InChI=1S/C19H19ClN2O6/c1-2-3-10-27-15-7-4-13(5-8-15)19(24)28-12-18(23)21-14-6-9-16(20)17(11-14)22(25)26/h4-9,11H,2-3,10,12H2,1H3,(H,21,23). The average molecular weight is 407 g/mol. The number of hydrogen-bond donors (Lipinski definition) is 1. The Hall–Kier alpha value is -3.13. The van der Waals surface area contributed by atoms with Crippen molar-refractivity contribution in [2.45, 2.75) is 19.8 Å². The number of rotatable bonds is 9. The maximum atomic E-state index is 12.0. The van der Waals surface area contributed by atoms with Crippen molar-refractivity contribution in [2.24, 2.45) is 0 Å². The molecule has 0 aliphatic heterocycles. The lowest BCUT2D eigenvalue weighted by Crippen LogP contribution is -2.21. The van der Waals surface area contributed by atoms with Crippen molar-refractivity contribution in [3.05, 3.63) is 63.2 Å². The molecule has 0 saturated carbocycles. The zero-order valence-corrected chi connectivity index (χ0v) is 15.9. The van der Waals surface area contributed by atoms with E-state index in [0.29, 0.717) is 12.4 Å². The Bertz CT molecular complexity index is 854. The summed E-state index contributed by atoms with van der Waals surface area (Å²) in [4.78, 5) is 34.1. The number of nitro groups is 1. The van der Waals surface area contributed by atoms with E-state index < -0.39 is 23.4 Å². The number of carbonyl (C=O) groups excluding carboxylic acids is 2. The summed E-state index contributed by atoms with van der Waals surface area (Å²) in [5, 5.41) is 13.2. The maximum Gasteiger partial charge on any atom is 0.338 e. The molecule has 0 atom stereocenters. The first-order chi connectivity index (χ1) is 13.4. The summed E-state index contributed by atoms with van der Waals surface area (Å²) >= 11 is 5.71. The number of ether oxygens (including phenoxy) is 2. The van der Waals surface area contributed by atoms with Crippen molar-refractivity contribution in [1.29, 1.82) is 0 Å². The minimum absolute atomic E-state index is 0.0449. The van der Waals surface area contributed by atoms with Crippen LogP contribution < -0.4 is 10.1 Å². The highest BCUT2D eigenvalue weighted by Gasteiger charge is 2.15. The molecule has 0 saturated heterocycles. The van der Waals surface area contributed by atoms with Gasteiger partial charge in [-0.05, 0) is 42.8 Å². The molecule has 2 rings (SSSR count). The molecule has 1 amide bonds. The fraction of sp³-hybridized carbons (Fsp3) is 0.263. The fourth-order valence-electron chi connectivity index (χ4n) is 2.16. The van der Waals surface area contributed by atoms with Crippen LogP contribution in [0.5, 0.6) is 5.75 Å². The molecular formula is C19H19ClN2O6. The van der Waals surface area contributed by atoms with Crippen LogP contribution in [0.2, 0.25) is 5.02 Å². The lowest BCUT2D eigenvalue weighted by atomic mass is 10.2. The Balaban J connectivity index is 1.86. The summed E-state index contributed by atoms with van der Waals surface area (Å²) in [5.74, 6) is -0.658. The molecule has 0 unspecified atom stereocenters. The lowest BCUT2D eigenvalue weighted by Gasteiger charge is -2.08. The van der Waals surface area contributed by atoms with Crippen LogP contribution in [0.25, 0.3) is 0 Å². The van der Waals surface area contributed by atoms with E-state index in [0.717, 1.165) is 18.9 Å². The number of hydrogen-bond acceptors (Lipinski definition) is 6. The molecule has 28 heavy (non-hydrogen) atoms. The van der Waals surface area contributed by atoms with Gasteiger partial charge in [-0.2, -0.15) is 0 Å². The van der Waals surface area contributed by atoms with Crippen LogP contribution in [0, 0.1) is 10.1 Å². The van der Waals surface area contributed by atoms with Crippen molar-refractivity contribution in [1.82, 2.24) is 0 Å². The van der Waals surface area contributed by atoms with Gasteiger partial charge in [0.2, 0.25) is 0 Å². The molecule has 0 aromatic heterocycles. The minimum Gasteiger partial charge on any atom is -0.494 e. The molecule has 148 valence electrons. The van der Waals surface area contributed by atoms with E-state index in [1.165, 1.54) is 12.1 Å². The van der Waals surface area contributed by atoms with E-state index in [9.17, 15) is 19.7 Å². The molecule has 2 aromatic rings. The number of amides is 1. The molecule has 0 bridgehead atoms. The maximum absolute atomic E-state index is 12.0. The molecule has 0 aliphatic rings. The number of nitrogens with one attached hydrogen (secondary N) is 1. The van der Waals surface area contributed by atoms with Gasteiger partial charge in [-0.1, -0.05) is 24.9 Å². The molecule has 2 aromatic carbocycles. The van der Waals surface area contributed by atoms with Gasteiger partial charge < -0.3 is 14.8 Å². The van der Waals surface area contributed by atoms with E-state index in [1.54, 1.807) is 24.3 Å². The van der Waals surface area contributed by atoms with Crippen LogP contribution in [0.15, 0.2) is 42.5 Å². The van der Waals surface area contributed by atoms with Gasteiger partial charge in [-0.15, -0.1) is 0 Å². The van der Waals surface area contributed by atoms with Gasteiger partial charge in [0.05, 0.1) is 17.1 Å². The Morgan fingerprint density at radius 3 is 2.54 bits per heavy atom. The third-order valence-corrected chi connectivity index (χ3v) is 3.94. The summed E-state index contributed by atoms with van der Waals surface area (Å²) in [6.45, 7) is 2.13. The van der Waals surface area contributed by atoms with Crippen molar-refractivity contribution in [2.75, 3.05) is 18.5 Å². The molecule has 1 N–H and O–H groups in total. The van der Waals surface area contributed by atoms with Gasteiger partial charge >= 0.3 is 5.97 Å². The monoisotopic (exact) mass is 406 g/mol.